The van der Waals surface area contributed by atoms with Crippen LogP contribution in [0.2, 0.25) is 0 Å². The second-order valence-corrected chi connectivity index (χ2v) is 9.30. The molecule has 0 saturated carbocycles. The normalized spacial score (nSPS) is 19.3. The largest absolute Gasteiger partial charge is 0.339 e. The number of para-hydroxylation sites is 1. The first kappa shape index (κ1) is 21.0. The van der Waals surface area contributed by atoms with Gasteiger partial charge >= 0.3 is 0 Å². The molecule has 8 heteroatoms. The summed E-state index contributed by atoms with van der Waals surface area (Å²) in [7, 11) is 1.87. The number of nitrogens with zero attached hydrogens (tertiary/aromatic N) is 3. The van der Waals surface area contributed by atoms with E-state index in [4.69, 9.17) is 0 Å². The Kier molecular flexibility index (Phi) is 5.43. The van der Waals surface area contributed by atoms with Crippen LogP contribution in [0.1, 0.15) is 30.1 Å². The highest BCUT2D eigenvalue weighted by atomic mass is 79.9. The molecule has 166 valence electrons. The van der Waals surface area contributed by atoms with Crippen molar-refractivity contribution >= 4 is 27.5 Å². The minimum Gasteiger partial charge on any atom is -0.339 e. The molecule has 1 aromatic heterocycles. The molecular weight excluding hydrogens is 470 g/mol. The number of carbonyl (C=O) groups excluding carboxylic acids is 1. The third kappa shape index (κ3) is 3.38. The molecule has 3 aromatic rings. The quantitative estimate of drug-likeness (QED) is 0.583. The van der Waals surface area contributed by atoms with Crippen molar-refractivity contribution in [2.24, 2.45) is 7.05 Å². The number of likely N-dealkylation sites (tertiary alicyclic amines) is 1. The van der Waals surface area contributed by atoms with E-state index in [1.165, 1.54) is 0 Å². The second-order valence-electron chi connectivity index (χ2n) is 8.51. The molecule has 2 N–H and O–H groups in total. The number of aromatic amines is 1. The van der Waals surface area contributed by atoms with Crippen molar-refractivity contribution in [3.05, 3.63) is 86.7 Å². The van der Waals surface area contributed by atoms with Gasteiger partial charge in [0.15, 0.2) is 0 Å². The Labute approximate surface area is 195 Å². The summed E-state index contributed by atoms with van der Waals surface area (Å²) >= 11 is 3.51. The molecule has 1 atom stereocenters. The van der Waals surface area contributed by atoms with Crippen molar-refractivity contribution in [1.82, 2.24) is 20.0 Å². The molecule has 2 aliphatic rings. The highest BCUT2D eigenvalue weighted by molar-refractivity contribution is 9.10. The van der Waals surface area contributed by atoms with E-state index < -0.39 is 5.54 Å². The number of H-pyrrole nitrogens is 1. The van der Waals surface area contributed by atoms with Crippen LogP contribution in [0.25, 0.3) is 0 Å². The first-order chi connectivity index (χ1) is 15.5. The molecule has 0 bridgehead atoms. The fourth-order valence-corrected chi connectivity index (χ4v) is 5.76. The molecule has 0 radical (unpaired) electrons. The van der Waals surface area contributed by atoms with Crippen molar-refractivity contribution in [1.29, 1.82) is 0 Å². The number of piperidine rings is 1. The van der Waals surface area contributed by atoms with Crippen LogP contribution in [0.4, 0.5) is 5.69 Å². The number of benzene rings is 2. The average molecular weight is 496 g/mol. The van der Waals surface area contributed by atoms with E-state index in [1.54, 1.807) is 4.68 Å². The number of halogens is 1. The van der Waals surface area contributed by atoms with E-state index in [0.717, 1.165) is 30.0 Å². The molecule has 2 saturated heterocycles. The third-order valence-electron chi connectivity index (χ3n) is 6.82. The predicted octanol–water partition coefficient (Wildman–Crippen LogP) is 2.99. The lowest BCUT2D eigenvalue weighted by atomic mass is 9.84. The Morgan fingerprint density at radius 2 is 1.59 bits per heavy atom. The Bertz CT molecular complexity index is 1170. The van der Waals surface area contributed by atoms with Gasteiger partial charge in [-0.1, -0.05) is 48.5 Å². The maximum Gasteiger partial charge on any atom is 0.278 e. The van der Waals surface area contributed by atoms with Crippen LogP contribution in [0.5, 0.6) is 0 Å². The van der Waals surface area contributed by atoms with Gasteiger partial charge in [-0.2, -0.15) is 0 Å². The van der Waals surface area contributed by atoms with E-state index in [0.29, 0.717) is 24.0 Å². The highest BCUT2D eigenvalue weighted by Gasteiger charge is 2.51. The summed E-state index contributed by atoms with van der Waals surface area (Å²) in [5.41, 5.74) is 2.40. The first-order valence-electron chi connectivity index (χ1n) is 10.9. The van der Waals surface area contributed by atoms with Gasteiger partial charge in [0, 0.05) is 25.8 Å². The zero-order valence-corrected chi connectivity index (χ0v) is 19.5. The summed E-state index contributed by atoms with van der Waals surface area (Å²) in [6.45, 7) is 2.01. The summed E-state index contributed by atoms with van der Waals surface area (Å²) < 4.78 is 2.35. The molecule has 2 fully saturated rings. The maximum atomic E-state index is 13.0. The minimum atomic E-state index is -0.541. The lowest BCUT2D eigenvalue weighted by molar-refractivity contribution is -0.125. The van der Waals surface area contributed by atoms with Gasteiger partial charge in [-0.15, -0.1) is 0 Å². The number of amides is 1. The summed E-state index contributed by atoms with van der Waals surface area (Å²) in [4.78, 5) is 30.0. The van der Waals surface area contributed by atoms with E-state index >= 15 is 0 Å². The van der Waals surface area contributed by atoms with Gasteiger partial charge in [0.05, 0.1) is 18.4 Å². The zero-order chi connectivity index (χ0) is 22.3. The Morgan fingerprint density at radius 3 is 2.19 bits per heavy atom. The molecule has 5 rings (SSSR count). The van der Waals surface area contributed by atoms with Crippen LogP contribution < -0.4 is 15.8 Å². The Balaban J connectivity index is 1.48. The summed E-state index contributed by atoms with van der Waals surface area (Å²) in [6.07, 6.45) is 1.43. The zero-order valence-electron chi connectivity index (χ0n) is 17.9. The topological polar surface area (TPSA) is 73.4 Å². The number of carbonyl (C=O) groups is 1. The standard InChI is InChI=1S/C24H26BrN5O2/c1-28-21(19(25)22(31)27-28)20(17-8-4-2-5-9-17)29-14-12-24(13-15-29)23(32)26-16-30(24)18-10-6-3-7-11-18/h2-11,20H,12-16H2,1H3,(H,26,32)(H,27,31). The average Bonchev–Trinajstić information content (AvgIpc) is 3.26. The lowest BCUT2D eigenvalue weighted by Crippen LogP contribution is -2.57. The third-order valence-corrected chi connectivity index (χ3v) is 7.59. The van der Waals surface area contributed by atoms with E-state index in [-0.39, 0.29) is 17.5 Å². The van der Waals surface area contributed by atoms with Crippen LogP contribution in [-0.4, -0.2) is 45.9 Å². The van der Waals surface area contributed by atoms with Crippen molar-refractivity contribution in [3.63, 3.8) is 0 Å². The monoisotopic (exact) mass is 495 g/mol. The van der Waals surface area contributed by atoms with Gasteiger partial charge in [0.25, 0.3) is 5.56 Å². The predicted molar refractivity (Wildman–Crippen MR) is 127 cm³/mol. The van der Waals surface area contributed by atoms with Crippen LogP contribution in [0.3, 0.4) is 0 Å². The van der Waals surface area contributed by atoms with Gasteiger partial charge < -0.3 is 10.2 Å². The first-order valence-corrected chi connectivity index (χ1v) is 11.6. The van der Waals surface area contributed by atoms with Gasteiger partial charge in [-0.05, 0) is 46.5 Å². The van der Waals surface area contributed by atoms with Crippen LogP contribution in [0, 0.1) is 0 Å². The summed E-state index contributed by atoms with van der Waals surface area (Å²) in [5, 5.41) is 5.93. The summed E-state index contributed by atoms with van der Waals surface area (Å²) in [5.74, 6) is 0.104. The van der Waals surface area contributed by atoms with Crippen molar-refractivity contribution in [3.8, 4) is 0 Å². The van der Waals surface area contributed by atoms with E-state index in [1.807, 2.05) is 43.4 Å². The number of hydrogen-bond acceptors (Lipinski definition) is 4. The fraction of sp³-hybridized carbons (Fsp3) is 0.333. The number of rotatable bonds is 4. The molecule has 1 unspecified atom stereocenters. The lowest BCUT2D eigenvalue weighted by Gasteiger charge is -2.45. The number of hydrogen-bond donors (Lipinski definition) is 2. The molecular formula is C24H26BrN5O2. The Morgan fingerprint density at radius 1 is 0.969 bits per heavy atom. The smallest absolute Gasteiger partial charge is 0.278 e. The van der Waals surface area contributed by atoms with Gasteiger partial charge in [0.2, 0.25) is 5.91 Å². The molecule has 3 heterocycles. The number of aryl methyl sites for hydroxylation is 1. The molecule has 2 aliphatic heterocycles. The van der Waals surface area contributed by atoms with Gasteiger partial charge in [-0.3, -0.25) is 24.3 Å². The number of anilines is 1. The molecule has 1 amide bonds. The minimum absolute atomic E-state index is 0.0958. The molecule has 1 spiro atoms. The molecule has 7 nitrogen and oxygen atoms in total. The number of aromatic nitrogens is 2. The van der Waals surface area contributed by atoms with Crippen molar-refractivity contribution in [2.75, 3.05) is 24.7 Å². The van der Waals surface area contributed by atoms with Gasteiger partial charge in [-0.25, -0.2) is 0 Å². The number of nitrogens with one attached hydrogen (secondary N) is 2. The highest BCUT2D eigenvalue weighted by Crippen LogP contribution is 2.40. The SMILES string of the molecule is Cn1[nH]c(=O)c(Br)c1C(c1ccccc1)N1CCC2(CC1)C(=O)NCN2c1ccccc1. The summed E-state index contributed by atoms with van der Waals surface area (Å²) in [6, 6.07) is 20.3. The second kappa shape index (κ2) is 8.26. The maximum absolute atomic E-state index is 13.0. The molecule has 2 aromatic carbocycles. The molecule has 32 heavy (non-hydrogen) atoms. The van der Waals surface area contributed by atoms with E-state index in [2.05, 4.69) is 60.4 Å². The Hall–Kier alpha value is -2.84. The fourth-order valence-electron chi connectivity index (χ4n) is 5.19. The van der Waals surface area contributed by atoms with Crippen molar-refractivity contribution in [2.45, 2.75) is 24.4 Å². The van der Waals surface area contributed by atoms with Crippen LogP contribution in [-0.2, 0) is 11.8 Å². The van der Waals surface area contributed by atoms with Crippen molar-refractivity contribution < 1.29 is 4.79 Å². The van der Waals surface area contributed by atoms with Crippen LogP contribution >= 0.6 is 15.9 Å². The van der Waals surface area contributed by atoms with E-state index in [9.17, 15) is 9.59 Å². The molecule has 0 aliphatic carbocycles. The van der Waals surface area contributed by atoms with Gasteiger partial charge in [0.1, 0.15) is 10.0 Å². The van der Waals surface area contributed by atoms with Crippen LogP contribution in [0.15, 0.2) is 69.9 Å².